The summed E-state index contributed by atoms with van der Waals surface area (Å²) in [6.07, 6.45) is 2.47. The Bertz CT molecular complexity index is 1640. The van der Waals surface area contributed by atoms with Gasteiger partial charge in [0.15, 0.2) is 19.7 Å². The highest BCUT2D eigenvalue weighted by atomic mass is 28.4. The summed E-state index contributed by atoms with van der Waals surface area (Å²) in [4.78, 5) is 56.6. The number of carbonyl (C=O) groups excluding carboxylic acids is 2. The van der Waals surface area contributed by atoms with E-state index in [-0.39, 0.29) is 42.2 Å². The molecule has 4 heterocycles. The average Bonchev–Trinajstić information content (AvgIpc) is 3.67. The molecule has 2 saturated heterocycles. The molecule has 2 fully saturated rings. The molecule has 2 amide bonds. The molecule has 1 spiro atoms. The van der Waals surface area contributed by atoms with Crippen LogP contribution in [0.2, 0.25) is 18.6 Å². The zero-order valence-electron chi connectivity index (χ0n) is 25.5. The molecule has 44 heavy (non-hydrogen) atoms. The molecule has 2 N–H and O–H groups in total. The Morgan fingerprint density at radius 2 is 1.84 bits per heavy atom. The Labute approximate surface area is 257 Å². The van der Waals surface area contributed by atoms with Gasteiger partial charge in [0.1, 0.15) is 0 Å². The summed E-state index contributed by atoms with van der Waals surface area (Å²) in [5.74, 6) is -0.753. The second kappa shape index (κ2) is 11.3. The normalized spacial score (nSPS) is 26.5. The third kappa shape index (κ3) is 4.69. The van der Waals surface area contributed by atoms with Crippen LogP contribution in [0.1, 0.15) is 31.7 Å². The lowest BCUT2D eigenvalue weighted by Gasteiger charge is -2.33. The van der Waals surface area contributed by atoms with Crippen molar-refractivity contribution < 1.29 is 29.0 Å². The molecule has 0 saturated carbocycles. The highest BCUT2D eigenvalue weighted by Gasteiger charge is 2.67. The summed E-state index contributed by atoms with van der Waals surface area (Å²) in [6.45, 7) is 6.02. The molecule has 10 nitrogen and oxygen atoms in total. The number of aliphatic hydroxyl groups is 1. The van der Waals surface area contributed by atoms with Crippen molar-refractivity contribution in [3.63, 3.8) is 0 Å². The van der Waals surface area contributed by atoms with Crippen LogP contribution in [0.5, 0.6) is 5.75 Å². The number of pyridine rings is 1. The van der Waals surface area contributed by atoms with Gasteiger partial charge >= 0.3 is 0 Å². The Morgan fingerprint density at radius 3 is 2.52 bits per heavy atom. The van der Waals surface area contributed by atoms with E-state index in [0.717, 1.165) is 12.8 Å². The fraction of sp³-hybridized carbons (Fsp3) is 0.424. The van der Waals surface area contributed by atoms with Crippen LogP contribution in [0.4, 0.5) is 11.4 Å². The van der Waals surface area contributed by atoms with Crippen molar-refractivity contribution in [1.29, 1.82) is 0 Å². The van der Waals surface area contributed by atoms with E-state index in [9.17, 15) is 24.3 Å². The lowest BCUT2D eigenvalue weighted by molar-refractivity contribution is -0.149. The first-order valence-corrected chi connectivity index (χ1v) is 18.2. The summed E-state index contributed by atoms with van der Waals surface area (Å²) in [7, 11) is -1.57. The maximum absolute atomic E-state index is 14.8. The molecular weight excluding hydrogens is 578 g/mol. The molecule has 3 aliphatic rings. The SMILES string of the molecule is COc1cccn(-c2ccc3c(c2)[C@@]2(O[C@H](CC(=O)N4CCC[C@H]4CO)[C@@H]([Si](C)(C)O)[C@@H]2C)C(=O)N3c2ccccc2)c1=O. The Balaban J connectivity index is 1.50. The number of para-hydroxylation sites is 1. The van der Waals surface area contributed by atoms with Gasteiger partial charge in [0.2, 0.25) is 5.91 Å². The second-order valence-electron chi connectivity index (χ2n) is 12.6. The molecule has 3 aliphatic heterocycles. The number of amides is 2. The predicted molar refractivity (Wildman–Crippen MR) is 168 cm³/mol. The number of benzene rings is 2. The molecule has 1 aromatic heterocycles. The topological polar surface area (TPSA) is 122 Å². The van der Waals surface area contributed by atoms with Gasteiger partial charge in [-0.3, -0.25) is 23.9 Å². The molecule has 0 radical (unpaired) electrons. The number of ether oxygens (including phenoxy) is 2. The molecule has 0 unspecified atom stereocenters. The highest BCUT2D eigenvalue weighted by Crippen LogP contribution is 2.61. The number of nitrogens with zero attached hydrogens (tertiary/aromatic N) is 3. The van der Waals surface area contributed by atoms with E-state index >= 15 is 0 Å². The lowest BCUT2D eigenvalue weighted by atomic mass is 9.82. The zero-order valence-corrected chi connectivity index (χ0v) is 26.5. The highest BCUT2D eigenvalue weighted by molar-refractivity contribution is 6.71. The van der Waals surface area contributed by atoms with Crippen LogP contribution in [0.15, 0.2) is 71.7 Å². The minimum absolute atomic E-state index is 0.00672. The molecule has 11 heteroatoms. The molecule has 232 valence electrons. The van der Waals surface area contributed by atoms with Crippen LogP contribution in [0, 0.1) is 5.92 Å². The molecule has 0 bridgehead atoms. The van der Waals surface area contributed by atoms with E-state index in [2.05, 4.69) is 0 Å². The molecule has 0 aliphatic carbocycles. The quantitative estimate of drug-likeness (QED) is 0.388. The maximum atomic E-state index is 14.8. The zero-order chi connectivity index (χ0) is 31.4. The number of methoxy groups -OCH3 is 1. The summed E-state index contributed by atoms with van der Waals surface area (Å²) in [5, 5.41) is 9.85. The van der Waals surface area contributed by atoms with Crippen molar-refractivity contribution >= 4 is 31.5 Å². The summed E-state index contributed by atoms with van der Waals surface area (Å²) >= 11 is 0. The largest absolute Gasteiger partial charge is 0.491 e. The van der Waals surface area contributed by atoms with Gasteiger partial charge in [0.05, 0.1) is 38.0 Å². The van der Waals surface area contributed by atoms with Crippen LogP contribution < -0.4 is 15.2 Å². The fourth-order valence-electron chi connectivity index (χ4n) is 7.65. The van der Waals surface area contributed by atoms with E-state index in [1.165, 1.54) is 11.7 Å². The van der Waals surface area contributed by atoms with E-state index in [1.54, 1.807) is 34.2 Å². The molecule has 5 atom stereocenters. The van der Waals surface area contributed by atoms with Crippen molar-refractivity contribution in [2.45, 2.75) is 62.6 Å². The fourth-order valence-corrected chi connectivity index (χ4v) is 10.2. The molecular formula is C33H39N3O7Si. The number of hydrogen-bond donors (Lipinski definition) is 2. The number of anilines is 2. The minimum atomic E-state index is -3.01. The Morgan fingerprint density at radius 1 is 1.09 bits per heavy atom. The standard InChI is InChI=1S/C33H39N3O7Si/c1-21-30(44(3,4)41)28(19-29(38)34-16-8-12-24(34)20-37)43-33(21)25-18-23(35-17-9-13-27(42-2)31(35)39)14-15-26(25)36(32(33)40)22-10-6-5-7-11-22/h5-7,9-11,13-15,17-18,21,24,28,30,37,41H,8,12,16,19-20H2,1-4H3/t21-,24-,28+,30-,33+/m0/s1. The van der Waals surface area contributed by atoms with Crippen LogP contribution in [0.25, 0.3) is 5.69 Å². The smallest absolute Gasteiger partial charge is 0.297 e. The van der Waals surface area contributed by atoms with E-state index < -0.39 is 31.5 Å². The Kier molecular flexibility index (Phi) is 7.77. The Hall–Kier alpha value is -3.77. The first kappa shape index (κ1) is 30.3. The third-order valence-corrected chi connectivity index (χ3v) is 12.1. The van der Waals surface area contributed by atoms with Gasteiger partial charge in [0.25, 0.3) is 11.5 Å². The van der Waals surface area contributed by atoms with Crippen LogP contribution in [0.3, 0.4) is 0 Å². The van der Waals surface area contributed by atoms with Crippen molar-refractivity contribution in [3.8, 4) is 11.4 Å². The number of carbonyl (C=O) groups is 2. The number of hydrogen-bond acceptors (Lipinski definition) is 7. The first-order chi connectivity index (χ1) is 21.0. The van der Waals surface area contributed by atoms with Gasteiger partial charge in [-0.15, -0.1) is 0 Å². The van der Waals surface area contributed by atoms with Gasteiger partial charge in [-0.2, -0.15) is 0 Å². The van der Waals surface area contributed by atoms with Crippen molar-refractivity contribution in [1.82, 2.24) is 9.47 Å². The number of likely N-dealkylation sites (tertiary alicyclic amines) is 1. The van der Waals surface area contributed by atoms with Gasteiger partial charge in [-0.05, 0) is 68.4 Å². The summed E-state index contributed by atoms with van der Waals surface area (Å²) < 4.78 is 13.6. The number of aromatic nitrogens is 1. The third-order valence-electron chi connectivity index (χ3n) is 9.58. The number of aliphatic hydroxyl groups excluding tert-OH is 1. The van der Waals surface area contributed by atoms with Gasteiger partial charge in [-0.1, -0.05) is 25.1 Å². The van der Waals surface area contributed by atoms with E-state index in [0.29, 0.717) is 29.2 Å². The van der Waals surface area contributed by atoms with Crippen molar-refractivity contribution in [3.05, 3.63) is 82.8 Å². The number of fused-ring (bicyclic) bond motifs is 2. The number of rotatable bonds is 7. The van der Waals surface area contributed by atoms with E-state index in [1.807, 2.05) is 62.5 Å². The lowest BCUT2D eigenvalue weighted by Crippen LogP contribution is -2.45. The summed E-state index contributed by atoms with van der Waals surface area (Å²) in [6, 6.07) is 17.8. The van der Waals surface area contributed by atoms with Crippen molar-refractivity contribution in [2.24, 2.45) is 5.92 Å². The monoisotopic (exact) mass is 617 g/mol. The first-order valence-electron chi connectivity index (χ1n) is 15.1. The van der Waals surface area contributed by atoms with Crippen LogP contribution in [-0.2, 0) is 19.9 Å². The maximum Gasteiger partial charge on any atom is 0.297 e. The summed E-state index contributed by atoms with van der Waals surface area (Å²) in [5.41, 5.74) is 0.102. The predicted octanol–water partition coefficient (Wildman–Crippen LogP) is 3.70. The van der Waals surface area contributed by atoms with Gasteiger partial charge in [0, 0.05) is 41.1 Å². The molecule has 3 aromatic rings. The minimum Gasteiger partial charge on any atom is -0.491 e. The van der Waals surface area contributed by atoms with Gasteiger partial charge < -0.3 is 24.3 Å². The molecule has 2 aromatic carbocycles. The van der Waals surface area contributed by atoms with Crippen LogP contribution in [-0.4, -0.2) is 71.9 Å². The van der Waals surface area contributed by atoms with Gasteiger partial charge in [-0.25, -0.2) is 0 Å². The molecule has 6 rings (SSSR count). The van der Waals surface area contributed by atoms with Crippen molar-refractivity contribution in [2.75, 3.05) is 25.2 Å². The average molecular weight is 618 g/mol. The van der Waals surface area contributed by atoms with E-state index in [4.69, 9.17) is 9.47 Å². The second-order valence-corrected chi connectivity index (χ2v) is 16.5. The van der Waals surface area contributed by atoms with Crippen LogP contribution >= 0.6 is 0 Å².